The fraction of sp³-hybridized carbons (Fsp3) is 0.444. The Morgan fingerprint density at radius 3 is 2.88 bits per heavy atom. The quantitative estimate of drug-likeness (QED) is 0.870. The molecule has 0 aliphatic rings. The van der Waals surface area contributed by atoms with E-state index in [-0.39, 0.29) is 12.4 Å². The van der Waals surface area contributed by atoms with Gasteiger partial charge in [-0.3, -0.25) is 4.57 Å². The summed E-state index contributed by atoms with van der Waals surface area (Å²) in [6.45, 7) is -0.589. The first kappa shape index (κ1) is 11.5. The van der Waals surface area contributed by atoms with Crippen LogP contribution >= 0.6 is 0 Å². The molecule has 2 rings (SSSR count). The van der Waals surface area contributed by atoms with Crippen molar-refractivity contribution in [1.82, 2.24) is 24.5 Å². The van der Waals surface area contributed by atoms with Crippen LogP contribution in [0, 0.1) is 0 Å². The van der Waals surface area contributed by atoms with Crippen LogP contribution in [0.1, 0.15) is 25.0 Å². The van der Waals surface area contributed by atoms with Gasteiger partial charge < -0.3 is 5.73 Å². The number of nitrogens with two attached hydrogens (primary N) is 1. The van der Waals surface area contributed by atoms with Gasteiger partial charge in [-0.1, -0.05) is 12.1 Å². The number of halogens is 2. The van der Waals surface area contributed by atoms with Crippen LogP contribution in [-0.4, -0.2) is 24.5 Å². The molecule has 2 N–H and O–H groups in total. The molecule has 92 valence electrons. The Morgan fingerprint density at radius 2 is 2.24 bits per heavy atom. The third-order valence-electron chi connectivity index (χ3n) is 2.45. The highest BCUT2D eigenvalue weighted by molar-refractivity contribution is 5.32. The zero-order valence-corrected chi connectivity index (χ0v) is 9.22. The third-order valence-corrected chi connectivity index (χ3v) is 2.45. The van der Waals surface area contributed by atoms with E-state index in [1.807, 2.05) is 6.92 Å². The first-order valence-electron chi connectivity index (χ1n) is 5.11. The Balaban J connectivity index is 2.28. The van der Waals surface area contributed by atoms with E-state index in [2.05, 4.69) is 15.3 Å². The average Bonchev–Trinajstić information content (AvgIpc) is 2.86. The summed E-state index contributed by atoms with van der Waals surface area (Å²) in [6, 6.07) is 0. The summed E-state index contributed by atoms with van der Waals surface area (Å²) in [5, 5.41) is 7.51. The van der Waals surface area contributed by atoms with Gasteiger partial charge in [-0.2, -0.15) is 8.78 Å². The molecule has 0 aliphatic carbocycles. The van der Waals surface area contributed by atoms with Crippen molar-refractivity contribution in [3.63, 3.8) is 0 Å². The van der Waals surface area contributed by atoms with Gasteiger partial charge in [0.15, 0.2) is 5.82 Å². The Bertz CT molecular complexity index is 503. The van der Waals surface area contributed by atoms with Crippen LogP contribution in [0.5, 0.6) is 0 Å². The van der Waals surface area contributed by atoms with Crippen LogP contribution in [0.25, 0.3) is 0 Å². The topological polar surface area (TPSA) is 74.6 Å². The standard InChI is InChI=1S/C9H12F2N6/c1-2-6-8(12)14-15-17(6)5-7-13-3-4-16(7)9(10)11/h3-4,9H,2,5,12H2,1H3. The molecule has 6 nitrogen and oxygen atoms in total. The molecule has 0 saturated heterocycles. The first-order valence-corrected chi connectivity index (χ1v) is 5.11. The van der Waals surface area contributed by atoms with Crippen molar-refractivity contribution in [2.45, 2.75) is 26.4 Å². The van der Waals surface area contributed by atoms with Gasteiger partial charge in [0.2, 0.25) is 0 Å². The number of hydrogen-bond acceptors (Lipinski definition) is 4. The molecule has 2 heterocycles. The van der Waals surface area contributed by atoms with E-state index in [1.165, 1.54) is 17.1 Å². The SMILES string of the molecule is CCc1c(N)nnn1Cc1nccn1C(F)F. The van der Waals surface area contributed by atoms with E-state index >= 15 is 0 Å². The van der Waals surface area contributed by atoms with E-state index in [0.717, 1.165) is 4.57 Å². The summed E-state index contributed by atoms with van der Waals surface area (Å²) in [5.74, 6) is 0.544. The van der Waals surface area contributed by atoms with Gasteiger partial charge in [-0.05, 0) is 6.42 Å². The van der Waals surface area contributed by atoms with Gasteiger partial charge in [0.25, 0.3) is 0 Å². The van der Waals surface area contributed by atoms with E-state index in [1.54, 1.807) is 0 Å². The minimum absolute atomic E-state index is 0.130. The molecule has 2 aromatic rings. The summed E-state index contributed by atoms with van der Waals surface area (Å²) in [4.78, 5) is 3.87. The zero-order chi connectivity index (χ0) is 12.4. The number of hydrogen-bond donors (Lipinski definition) is 1. The van der Waals surface area contributed by atoms with Crippen LogP contribution in [0.3, 0.4) is 0 Å². The second-order valence-corrected chi connectivity index (χ2v) is 3.46. The maximum Gasteiger partial charge on any atom is 0.319 e. The number of nitrogens with zero attached hydrogens (tertiary/aromatic N) is 5. The predicted octanol–water partition coefficient (Wildman–Crippen LogP) is 1.06. The van der Waals surface area contributed by atoms with Crippen LogP contribution in [0.15, 0.2) is 12.4 Å². The Labute approximate surface area is 96.1 Å². The molecule has 0 aliphatic heterocycles. The van der Waals surface area contributed by atoms with E-state index in [0.29, 0.717) is 17.9 Å². The van der Waals surface area contributed by atoms with Crippen LogP contribution in [0.2, 0.25) is 0 Å². The van der Waals surface area contributed by atoms with Gasteiger partial charge in [0.1, 0.15) is 12.4 Å². The average molecular weight is 242 g/mol. The molecule has 0 saturated carbocycles. The molecule has 0 bridgehead atoms. The minimum atomic E-state index is -2.61. The number of alkyl halides is 2. The molecule has 2 aromatic heterocycles. The normalized spacial score (nSPS) is 11.3. The fourth-order valence-corrected chi connectivity index (χ4v) is 1.61. The van der Waals surface area contributed by atoms with Crippen molar-refractivity contribution < 1.29 is 8.78 Å². The number of nitrogen functional groups attached to an aromatic ring is 1. The lowest BCUT2D eigenvalue weighted by atomic mass is 10.3. The first-order chi connectivity index (χ1) is 8.13. The number of anilines is 1. The summed E-state index contributed by atoms with van der Waals surface area (Å²) in [6.07, 6.45) is 3.19. The van der Waals surface area contributed by atoms with E-state index in [4.69, 9.17) is 5.73 Å². The molecule has 0 fully saturated rings. The molecule has 17 heavy (non-hydrogen) atoms. The maximum atomic E-state index is 12.6. The van der Waals surface area contributed by atoms with Crippen molar-refractivity contribution in [3.8, 4) is 0 Å². The Kier molecular flexibility index (Phi) is 3.03. The molecule has 8 heteroatoms. The lowest BCUT2D eigenvalue weighted by Crippen LogP contribution is -2.12. The highest BCUT2D eigenvalue weighted by Crippen LogP contribution is 2.15. The van der Waals surface area contributed by atoms with E-state index < -0.39 is 6.55 Å². The molecular formula is C9H12F2N6. The van der Waals surface area contributed by atoms with Crippen molar-refractivity contribution in [1.29, 1.82) is 0 Å². The van der Waals surface area contributed by atoms with Crippen molar-refractivity contribution >= 4 is 5.82 Å². The van der Waals surface area contributed by atoms with Gasteiger partial charge in [0, 0.05) is 12.4 Å². The van der Waals surface area contributed by atoms with Crippen LogP contribution in [0.4, 0.5) is 14.6 Å². The molecule has 0 radical (unpaired) electrons. The zero-order valence-electron chi connectivity index (χ0n) is 9.22. The molecule has 0 amide bonds. The summed E-state index contributed by atoms with van der Waals surface area (Å²) in [7, 11) is 0. The molecule has 0 spiro atoms. The van der Waals surface area contributed by atoms with Gasteiger partial charge >= 0.3 is 6.55 Å². The fourth-order valence-electron chi connectivity index (χ4n) is 1.61. The molecule has 0 atom stereocenters. The Hall–Kier alpha value is -1.99. The van der Waals surface area contributed by atoms with Crippen LogP contribution < -0.4 is 5.73 Å². The highest BCUT2D eigenvalue weighted by Gasteiger charge is 2.14. The third kappa shape index (κ3) is 2.10. The molecule has 0 aromatic carbocycles. The largest absolute Gasteiger partial charge is 0.381 e. The summed E-state index contributed by atoms with van der Waals surface area (Å²) < 4.78 is 27.5. The summed E-state index contributed by atoms with van der Waals surface area (Å²) in [5.41, 5.74) is 6.33. The number of imidazole rings is 1. The Morgan fingerprint density at radius 1 is 1.47 bits per heavy atom. The van der Waals surface area contributed by atoms with Gasteiger partial charge in [-0.15, -0.1) is 5.10 Å². The van der Waals surface area contributed by atoms with Gasteiger partial charge in [0.05, 0.1) is 5.69 Å². The van der Waals surface area contributed by atoms with Crippen LogP contribution in [-0.2, 0) is 13.0 Å². The highest BCUT2D eigenvalue weighted by atomic mass is 19.3. The number of aromatic nitrogens is 5. The molecular weight excluding hydrogens is 230 g/mol. The minimum Gasteiger partial charge on any atom is -0.381 e. The predicted molar refractivity (Wildman–Crippen MR) is 56.4 cm³/mol. The smallest absolute Gasteiger partial charge is 0.319 e. The monoisotopic (exact) mass is 242 g/mol. The number of rotatable bonds is 4. The lowest BCUT2D eigenvalue weighted by Gasteiger charge is -2.07. The second kappa shape index (κ2) is 4.48. The van der Waals surface area contributed by atoms with Crippen molar-refractivity contribution in [3.05, 3.63) is 23.9 Å². The summed E-state index contributed by atoms with van der Waals surface area (Å²) >= 11 is 0. The van der Waals surface area contributed by atoms with Crippen molar-refractivity contribution in [2.75, 3.05) is 5.73 Å². The maximum absolute atomic E-state index is 12.6. The lowest BCUT2D eigenvalue weighted by molar-refractivity contribution is 0.0665. The second-order valence-electron chi connectivity index (χ2n) is 3.46. The molecule has 0 unspecified atom stereocenters. The van der Waals surface area contributed by atoms with E-state index in [9.17, 15) is 8.78 Å². The van der Waals surface area contributed by atoms with Gasteiger partial charge in [-0.25, -0.2) is 9.67 Å². The van der Waals surface area contributed by atoms with Crippen molar-refractivity contribution in [2.24, 2.45) is 0 Å².